The summed E-state index contributed by atoms with van der Waals surface area (Å²) in [7, 11) is 4.00. The minimum absolute atomic E-state index is 0.124. The molecule has 0 saturated heterocycles. The predicted octanol–water partition coefficient (Wildman–Crippen LogP) is 7.18. The lowest BCUT2D eigenvalue weighted by atomic mass is 10.1. The van der Waals surface area contributed by atoms with Gasteiger partial charge < -0.3 is 15.1 Å². The highest BCUT2D eigenvalue weighted by molar-refractivity contribution is 7.98. The van der Waals surface area contributed by atoms with Gasteiger partial charge in [-0.25, -0.2) is 4.99 Å². The number of nitrogens with one attached hydrogen (secondary N) is 1. The van der Waals surface area contributed by atoms with Gasteiger partial charge in [0.1, 0.15) is 11.6 Å². The molecular formula is C27H39FN4S2. The minimum Gasteiger partial charge on any atom is -0.372 e. The van der Waals surface area contributed by atoms with Gasteiger partial charge in [0.05, 0.1) is 17.1 Å². The number of rotatable bonds is 14. The van der Waals surface area contributed by atoms with E-state index in [0.717, 1.165) is 38.3 Å². The summed E-state index contributed by atoms with van der Waals surface area (Å²) in [5.74, 6) is 1.30. The van der Waals surface area contributed by atoms with Crippen LogP contribution in [0.2, 0.25) is 0 Å². The fraction of sp³-hybridized carbons (Fsp3) is 0.370. The SMILES string of the molecule is C=C/C(SF)=C(/N=C)N(C)/C(=C\Cc1ccccc1C)NCCCN(C)Cc1ccsc1.CC. The van der Waals surface area contributed by atoms with Crippen molar-refractivity contribution in [2.75, 3.05) is 27.2 Å². The molecule has 0 bridgehead atoms. The number of thiophene rings is 1. The Hall–Kier alpha value is -2.35. The van der Waals surface area contributed by atoms with E-state index >= 15 is 0 Å². The zero-order valence-electron chi connectivity index (χ0n) is 21.2. The predicted molar refractivity (Wildman–Crippen MR) is 151 cm³/mol. The Kier molecular flexibility index (Phi) is 15.0. The van der Waals surface area contributed by atoms with Crippen molar-refractivity contribution < 1.29 is 3.89 Å². The molecule has 0 radical (unpaired) electrons. The number of hydrogen-bond acceptors (Lipinski definition) is 6. The van der Waals surface area contributed by atoms with Crippen LogP contribution in [0.4, 0.5) is 3.89 Å². The largest absolute Gasteiger partial charge is 0.372 e. The molecule has 7 heteroatoms. The molecule has 186 valence electrons. The maximum atomic E-state index is 13.4. The van der Waals surface area contributed by atoms with Crippen molar-refractivity contribution in [3.8, 4) is 0 Å². The van der Waals surface area contributed by atoms with Gasteiger partial charge in [-0.1, -0.05) is 44.7 Å². The van der Waals surface area contributed by atoms with Gasteiger partial charge in [0.15, 0.2) is 0 Å². The topological polar surface area (TPSA) is 30.9 Å². The van der Waals surface area contributed by atoms with Gasteiger partial charge in [-0.05, 0) is 85.7 Å². The summed E-state index contributed by atoms with van der Waals surface area (Å²) in [6.07, 6.45) is 5.31. The second-order valence-electron chi connectivity index (χ2n) is 7.56. The molecule has 0 atom stereocenters. The molecule has 0 unspecified atom stereocenters. The normalized spacial score (nSPS) is 11.9. The third-order valence-corrected chi connectivity index (χ3v) is 6.40. The average Bonchev–Trinajstić information content (AvgIpc) is 3.36. The minimum atomic E-state index is 0.124. The summed E-state index contributed by atoms with van der Waals surface area (Å²) >= 11 is 1.85. The van der Waals surface area contributed by atoms with Crippen LogP contribution in [-0.4, -0.2) is 43.7 Å². The van der Waals surface area contributed by atoms with Gasteiger partial charge in [0, 0.05) is 20.1 Å². The molecule has 0 aliphatic rings. The molecule has 0 fully saturated rings. The van der Waals surface area contributed by atoms with E-state index in [1.807, 2.05) is 37.9 Å². The van der Waals surface area contributed by atoms with Gasteiger partial charge in [0.25, 0.3) is 0 Å². The second kappa shape index (κ2) is 17.1. The Morgan fingerprint density at radius 3 is 2.56 bits per heavy atom. The first-order chi connectivity index (χ1) is 16.5. The standard InChI is InChI=1S/C25H33FN4S2.C2H6/c1-6-23(32-26)25(27-3)30(5)24(13-12-22-11-8-7-10-20(22)2)28-15-9-16-29(4)18-21-14-17-31-19-21;1-2/h6-8,10-11,13-14,17,19,28H,1,3,9,12,15-16,18H2,2,4-5H3;1-2H3/b24-13-,25-23+;. The van der Waals surface area contributed by atoms with Crippen LogP contribution >= 0.6 is 23.5 Å². The summed E-state index contributed by atoms with van der Waals surface area (Å²) in [5.41, 5.74) is 3.83. The third kappa shape index (κ3) is 9.87. The molecule has 0 saturated carbocycles. The Morgan fingerprint density at radius 2 is 1.97 bits per heavy atom. The Bertz CT molecular complexity index is 922. The molecule has 0 aliphatic heterocycles. The Morgan fingerprint density at radius 1 is 1.24 bits per heavy atom. The van der Waals surface area contributed by atoms with Gasteiger partial charge in [-0.15, -0.1) is 0 Å². The van der Waals surface area contributed by atoms with Crippen LogP contribution in [0.5, 0.6) is 0 Å². The smallest absolute Gasteiger partial charge is 0.149 e. The van der Waals surface area contributed by atoms with Gasteiger partial charge in [-0.2, -0.15) is 15.2 Å². The van der Waals surface area contributed by atoms with Crippen LogP contribution in [-0.2, 0) is 13.0 Å². The summed E-state index contributed by atoms with van der Waals surface area (Å²) in [5, 5.41) is 7.81. The zero-order valence-corrected chi connectivity index (χ0v) is 22.8. The second-order valence-corrected chi connectivity index (χ2v) is 8.93. The van der Waals surface area contributed by atoms with Crippen molar-refractivity contribution in [3.05, 3.63) is 93.1 Å². The van der Waals surface area contributed by atoms with E-state index in [9.17, 15) is 3.89 Å². The van der Waals surface area contributed by atoms with Crippen LogP contribution in [0.3, 0.4) is 0 Å². The molecule has 0 aliphatic carbocycles. The fourth-order valence-electron chi connectivity index (χ4n) is 3.33. The van der Waals surface area contributed by atoms with E-state index in [4.69, 9.17) is 0 Å². The van der Waals surface area contributed by atoms with Gasteiger partial charge >= 0.3 is 0 Å². The van der Waals surface area contributed by atoms with E-state index in [-0.39, 0.29) is 12.1 Å². The summed E-state index contributed by atoms with van der Waals surface area (Å²) in [6, 6.07) is 10.5. The fourth-order valence-corrected chi connectivity index (χ4v) is 4.33. The van der Waals surface area contributed by atoms with Crippen molar-refractivity contribution >= 4 is 30.2 Å². The maximum absolute atomic E-state index is 13.4. The van der Waals surface area contributed by atoms with E-state index in [0.29, 0.717) is 10.7 Å². The van der Waals surface area contributed by atoms with Crippen molar-refractivity contribution in [3.63, 3.8) is 0 Å². The maximum Gasteiger partial charge on any atom is 0.149 e. The van der Waals surface area contributed by atoms with E-state index in [1.54, 1.807) is 11.3 Å². The monoisotopic (exact) mass is 502 g/mol. The van der Waals surface area contributed by atoms with Crippen molar-refractivity contribution in [1.82, 2.24) is 15.1 Å². The Balaban J connectivity index is 0.00000281. The van der Waals surface area contributed by atoms with Crippen LogP contribution < -0.4 is 5.32 Å². The number of benzene rings is 1. The van der Waals surface area contributed by atoms with Crippen LogP contribution in [0.1, 0.15) is 37.0 Å². The van der Waals surface area contributed by atoms with Crippen LogP contribution in [0.15, 0.2) is 81.4 Å². The van der Waals surface area contributed by atoms with Crippen molar-refractivity contribution in [1.29, 1.82) is 0 Å². The number of allylic oxidation sites excluding steroid dienone is 2. The van der Waals surface area contributed by atoms with E-state index < -0.39 is 0 Å². The van der Waals surface area contributed by atoms with E-state index in [1.165, 1.54) is 22.8 Å². The van der Waals surface area contributed by atoms with Crippen molar-refractivity contribution in [2.45, 2.75) is 40.2 Å². The summed E-state index contributed by atoms with van der Waals surface area (Å²) < 4.78 is 13.4. The first-order valence-electron chi connectivity index (χ1n) is 11.5. The molecule has 34 heavy (non-hydrogen) atoms. The lowest BCUT2D eigenvalue weighted by Gasteiger charge is -2.25. The molecular weight excluding hydrogens is 463 g/mol. The molecule has 0 spiro atoms. The number of halogens is 1. The molecule has 1 N–H and O–H groups in total. The summed E-state index contributed by atoms with van der Waals surface area (Å²) in [6.45, 7) is 16.1. The van der Waals surface area contributed by atoms with Crippen LogP contribution in [0.25, 0.3) is 0 Å². The molecule has 2 aromatic rings. The lowest BCUT2D eigenvalue weighted by molar-refractivity contribution is 0.319. The molecule has 0 amide bonds. The molecule has 4 nitrogen and oxygen atoms in total. The molecule has 2 rings (SSSR count). The number of nitrogens with zero attached hydrogens (tertiary/aromatic N) is 3. The quantitative estimate of drug-likeness (QED) is 0.168. The van der Waals surface area contributed by atoms with Gasteiger partial charge in [0.2, 0.25) is 0 Å². The highest BCUT2D eigenvalue weighted by Crippen LogP contribution is 2.26. The van der Waals surface area contributed by atoms with E-state index in [2.05, 4.69) is 77.5 Å². The average molecular weight is 503 g/mol. The zero-order chi connectivity index (χ0) is 25.3. The number of hydrogen-bond donors (Lipinski definition) is 1. The highest BCUT2D eigenvalue weighted by atomic mass is 32.2. The first kappa shape index (κ1) is 29.7. The molecule has 1 aromatic heterocycles. The van der Waals surface area contributed by atoms with Crippen LogP contribution in [0, 0.1) is 6.92 Å². The number of aliphatic imine (C=N–C) groups is 1. The molecule has 1 heterocycles. The summed E-state index contributed by atoms with van der Waals surface area (Å²) in [4.78, 5) is 8.54. The number of aryl methyl sites for hydroxylation is 1. The molecule has 1 aromatic carbocycles. The third-order valence-electron chi connectivity index (χ3n) is 5.15. The van der Waals surface area contributed by atoms with Gasteiger partial charge in [-0.3, -0.25) is 0 Å². The van der Waals surface area contributed by atoms with Crippen molar-refractivity contribution in [2.24, 2.45) is 4.99 Å². The Labute approximate surface area is 214 Å². The highest BCUT2D eigenvalue weighted by Gasteiger charge is 2.14. The first-order valence-corrected chi connectivity index (χ1v) is 13.2. The lowest BCUT2D eigenvalue weighted by Crippen LogP contribution is -2.31.